The number of carbonyl (C=O) groups is 1. The van der Waals surface area contributed by atoms with E-state index in [0.29, 0.717) is 27.1 Å². The molecule has 5 rings (SSSR count). The Hall–Kier alpha value is -3.34. The number of carbonyl (C=O) groups excluding carboxylic acids is 1. The summed E-state index contributed by atoms with van der Waals surface area (Å²) in [4.78, 5) is 25.6. The second-order valence-electron chi connectivity index (χ2n) is 7.19. The lowest BCUT2D eigenvalue weighted by molar-refractivity contribution is 0.101. The highest BCUT2D eigenvalue weighted by molar-refractivity contribution is 6.38. The van der Waals surface area contributed by atoms with E-state index in [-0.39, 0.29) is 22.1 Å². The molecule has 0 spiro atoms. The molecule has 152 valence electrons. The molecule has 0 saturated carbocycles. The van der Waals surface area contributed by atoms with E-state index in [2.05, 4.69) is 0 Å². The minimum absolute atomic E-state index is 0.113. The van der Waals surface area contributed by atoms with Crippen LogP contribution < -0.4 is 5.63 Å². The van der Waals surface area contributed by atoms with Crippen molar-refractivity contribution in [3.8, 4) is 11.1 Å². The van der Waals surface area contributed by atoms with Crippen LogP contribution in [0.1, 0.15) is 21.7 Å². The number of benzene rings is 3. The van der Waals surface area contributed by atoms with Gasteiger partial charge in [0, 0.05) is 27.6 Å². The van der Waals surface area contributed by atoms with Crippen molar-refractivity contribution in [2.24, 2.45) is 0 Å². The van der Waals surface area contributed by atoms with Gasteiger partial charge in [-0.1, -0.05) is 53.5 Å². The summed E-state index contributed by atoms with van der Waals surface area (Å²) in [5.41, 5.74) is 2.70. The summed E-state index contributed by atoms with van der Waals surface area (Å²) in [6, 6.07) is 19.1. The Morgan fingerprint density at radius 2 is 1.68 bits per heavy atom. The lowest BCUT2D eigenvalue weighted by Crippen LogP contribution is -2.03. The molecule has 3 aromatic carbocycles. The third kappa shape index (κ3) is 3.25. The van der Waals surface area contributed by atoms with Crippen LogP contribution in [0.25, 0.3) is 33.1 Å². The number of fused-ring (bicyclic) bond motifs is 3. The number of ketones is 1. The fraction of sp³-hybridized carbons (Fsp3) is 0.0400. The lowest BCUT2D eigenvalue weighted by atomic mass is 9.96. The first-order chi connectivity index (χ1) is 14.9. The van der Waals surface area contributed by atoms with Crippen molar-refractivity contribution in [3.05, 3.63) is 104 Å². The smallest absolute Gasteiger partial charge is 0.336 e. The zero-order chi connectivity index (χ0) is 21.7. The predicted molar refractivity (Wildman–Crippen MR) is 122 cm³/mol. The van der Waals surface area contributed by atoms with Crippen molar-refractivity contribution in [2.45, 2.75) is 6.92 Å². The monoisotopic (exact) mass is 448 g/mol. The molecule has 2 aromatic heterocycles. The van der Waals surface area contributed by atoms with Crippen LogP contribution in [-0.4, -0.2) is 5.78 Å². The van der Waals surface area contributed by atoms with Gasteiger partial charge >= 0.3 is 5.63 Å². The predicted octanol–water partition coefficient (Wildman–Crippen LogP) is 7.05. The first-order valence-corrected chi connectivity index (χ1v) is 10.2. The maximum absolute atomic E-state index is 13.5. The maximum Gasteiger partial charge on any atom is 0.336 e. The molecule has 0 N–H and O–H groups in total. The zero-order valence-electron chi connectivity index (χ0n) is 16.2. The Morgan fingerprint density at radius 1 is 0.903 bits per heavy atom. The van der Waals surface area contributed by atoms with Crippen LogP contribution >= 0.6 is 23.2 Å². The summed E-state index contributed by atoms with van der Waals surface area (Å²) in [5, 5.41) is 1.99. The van der Waals surface area contributed by atoms with Crippen molar-refractivity contribution in [1.29, 1.82) is 0 Å². The lowest BCUT2D eigenvalue weighted by Gasteiger charge is -2.06. The van der Waals surface area contributed by atoms with Gasteiger partial charge in [0.1, 0.15) is 11.2 Å². The van der Waals surface area contributed by atoms with Crippen LogP contribution in [0.4, 0.5) is 0 Å². The van der Waals surface area contributed by atoms with Gasteiger partial charge in [-0.05, 0) is 48.4 Å². The molecule has 6 heteroatoms. The second-order valence-corrected chi connectivity index (χ2v) is 8.03. The SMILES string of the molecule is Cc1cc(=O)oc2c1ccc1oc(C(=O)c3ccc(Cl)cc3Cl)c(-c3ccccc3)c12. The zero-order valence-corrected chi connectivity index (χ0v) is 17.8. The van der Waals surface area contributed by atoms with E-state index in [1.54, 1.807) is 18.2 Å². The molecule has 0 amide bonds. The molecule has 0 aliphatic heterocycles. The fourth-order valence-corrected chi connectivity index (χ4v) is 4.29. The Labute approximate surface area is 186 Å². The van der Waals surface area contributed by atoms with Crippen LogP contribution in [0.15, 0.2) is 80.4 Å². The number of rotatable bonds is 3. The molecule has 0 aliphatic rings. The summed E-state index contributed by atoms with van der Waals surface area (Å²) in [7, 11) is 0. The van der Waals surface area contributed by atoms with Gasteiger partial charge < -0.3 is 8.83 Å². The summed E-state index contributed by atoms with van der Waals surface area (Å²) in [6.45, 7) is 1.84. The molecule has 0 unspecified atom stereocenters. The first-order valence-electron chi connectivity index (χ1n) is 9.49. The van der Waals surface area contributed by atoms with E-state index in [9.17, 15) is 9.59 Å². The van der Waals surface area contributed by atoms with Gasteiger partial charge in [0.05, 0.1) is 10.4 Å². The van der Waals surface area contributed by atoms with Crippen molar-refractivity contribution < 1.29 is 13.6 Å². The van der Waals surface area contributed by atoms with E-state index >= 15 is 0 Å². The van der Waals surface area contributed by atoms with Crippen LogP contribution in [0, 0.1) is 6.92 Å². The van der Waals surface area contributed by atoms with E-state index in [1.807, 2.05) is 43.3 Å². The van der Waals surface area contributed by atoms with Crippen LogP contribution in [0.5, 0.6) is 0 Å². The highest BCUT2D eigenvalue weighted by atomic mass is 35.5. The van der Waals surface area contributed by atoms with Crippen LogP contribution in [-0.2, 0) is 0 Å². The summed E-state index contributed by atoms with van der Waals surface area (Å²) in [5.74, 6) is -0.276. The van der Waals surface area contributed by atoms with Crippen LogP contribution in [0.3, 0.4) is 0 Å². The first kappa shape index (κ1) is 19.6. The summed E-state index contributed by atoms with van der Waals surface area (Å²) >= 11 is 12.3. The highest BCUT2D eigenvalue weighted by Gasteiger charge is 2.27. The average Bonchev–Trinajstić information content (AvgIpc) is 3.14. The van der Waals surface area contributed by atoms with Crippen molar-refractivity contribution >= 4 is 50.9 Å². The molecular weight excluding hydrogens is 435 g/mol. The van der Waals surface area contributed by atoms with Gasteiger partial charge in [-0.25, -0.2) is 4.79 Å². The van der Waals surface area contributed by atoms with Gasteiger partial charge in [0.25, 0.3) is 0 Å². The fourth-order valence-electron chi connectivity index (χ4n) is 3.80. The Balaban J connectivity index is 1.90. The number of aryl methyl sites for hydroxylation is 1. The number of hydrogen-bond donors (Lipinski definition) is 0. The highest BCUT2D eigenvalue weighted by Crippen LogP contribution is 2.41. The molecule has 0 bridgehead atoms. The quantitative estimate of drug-likeness (QED) is 0.219. The van der Waals surface area contributed by atoms with Crippen LogP contribution in [0.2, 0.25) is 10.0 Å². The third-order valence-corrected chi connectivity index (χ3v) is 5.76. The van der Waals surface area contributed by atoms with Gasteiger partial charge in [-0.15, -0.1) is 0 Å². The van der Waals surface area contributed by atoms with E-state index in [1.165, 1.54) is 12.1 Å². The molecule has 0 saturated heterocycles. The largest absolute Gasteiger partial charge is 0.452 e. The van der Waals surface area contributed by atoms with Crippen molar-refractivity contribution in [1.82, 2.24) is 0 Å². The Morgan fingerprint density at radius 3 is 2.42 bits per heavy atom. The number of hydrogen-bond acceptors (Lipinski definition) is 4. The normalized spacial score (nSPS) is 11.3. The Bertz CT molecular complexity index is 1550. The third-order valence-electron chi connectivity index (χ3n) is 5.21. The topological polar surface area (TPSA) is 60.4 Å². The molecule has 0 fully saturated rings. The minimum Gasteiger partial charge on any atom is -0.452 e. The van der Waals surface area contributed by atoms with E-state index < -0.39 is 5.63 Å². The summed E-state index contributed by atoms with van der Waals surface area (Å²) in [6.07, 6.45) is 0. The standard InChI is InChI=1S/C25H14Cl2O4/c1-13-11-20(28)31-24-16(13)9-10-19-22(24)21(14-5-3-2-4-6-14)25(30-19)23(29)17-8-7-15(26)12-18(17)27/h2-12H,1H3. The molecular formula is C25H14Cl2O4. The molecule has 0 aliphatic carbocycles. The average molecular weight is 449 g/mol. The summed E-state index contributed by atoms with van der Waals surface area (Å²) < 4.78 is 11.6. The van der Waals surface area contributed by atoms with E-state index in [0.717, 1.165) is 16.5 Å². The molecule has 0 atom stereocenters. The molecule has 5 aromatic rings. The van der Waals surface area contributed by atoms with Gasteiger partial charge in [-0.3, -0.25) is 4.79 Å². The molecule has 2 heterocycles. The van der Waals surface area contributed by atoms with Gasteiger partial charge in [0.2, 0.25) is 5.78 Å². The maximum atomic E-state index is 13.5. The molecule has 4 nitrogen and oxygen atoms in total. The van der Waals surface area contributed by atoms with Gasteiger partial charge in [-0.2, -0.15) is 0 Å². The Kier molecular flexibility index (Phi) is 4.69. The van der Waals surface area contributed by atoms with Gasteiger partial charge in [0.15, 0.2) is 5.76 Å². The minimum atomic E-state index is -0.466. The molecule has 0 radical (unpaired) electrons. The number of halogens is 2. The second kappa shape index (κ2) is 7.41. The van der Waals surface area contributed by atoms with E-state index in [4.69, 9.17) is 32.0 Å². The van der Waals surface area contributed by atoms with Crippen molar-refractivity contribution in [2.75, 3.05) is 0 Å². The molecule has 31 heavy (non-hydrogen) atoms. The van der Waals surface area contributed by atoms with Crippen molar-refractivity contribution in [3.63, 3.8) is 0 Å². The number of furan rings is 1.